The maximum atomic E-state index is 12.0. The normalized spacial score (nSPS) is 10.4. The van der Waals surface area contributed by atoms with Crippen molar-refractivity contribution in [1.29, 1.82) is 0 Å². The lowest BCUT2D eigenvalue weighted by atomic mass is 10.2. The van der Waals surface area contributed by atoms with Crippen LogP contribution < -0.4 is 15.3 Å². The van der Waals surface area contributed by atoms with Crippen LogP contribution in [0.25, 0.3) is 0 Å². The molecule has 0 atom stereocenters. The van der Waals surface area contributed by atoms with Crippen LogP contribution in [0.4, 0.5) is 5.69 Å². The maximum Gasteiger partial charge on any atom is 0.271 e. The van der Waals surface area contributed by atoms with Crippen molar-refractivity contribution in [2.75, 3.05) is 6.61 Å². The Morgan fingerprint density at radius 2 is 2.00 bits per heavy atom. The maximum absolute atomic E-state index is 12.0. The molecule has 2 aromatic rings. The number of nitrogens with zero attached hydrogens (tertiary/aromatic N) is 2. The van der Waals surface area contributed by atoms with Gasteiger partial charge in [-0.05, 0) is 29.8 Å². The van der Waals surface area contributed by atoms with Gasteiger partial charge in [0.15, 0.2) is 0 Å². The minimum absolute atomic E-state index is 0.00248. The van der Waals surface area contributed by atoms with Crippen LogP contribution in [0, 0.1) is 10.1 Å². The second-order valence-electron chi connectivity index (χ2n) is 4.80. The molecule has 8 heteroatoms. The van der Waals surface area contributed by atoms with Gasteiger partial charge in [-0.15, -0.1) is 0 Å². The van der Waals surface area contributed by atoms with E-state index >= 15 is 0 Å². The van der Waals surface area contributed by atoms with Gasteiger partial charge < -0.3 is 9.84 Å². The molecule has 2 rings (SSSR count). The summed E-state index contributed by atoms with van der Waals surface area (Å²) in [6.45, 7) is 3.89. The zero-order valence-corrected chi connectivity index (χ0v) is 13.0. The lowest BCUT2D eigenvalue weighted by Gasteiger charge is -2.08. The van der Waals surface area contributed by atoms with E-state index in [1.165, 1.54) is 0 Å². The van der Waals surface area contributed by atoms with E-state index in [1.807, 2.05) is 0 Å². The molecule has 0 radical (unpaired) electrons. The number of amides is 1. The van der Waals surface area contributed by atoms with Gasteiger partial charge in [-0.3, -0.25) is 14.9 Å². The summed E-state index contributed by atoms with van der Waals surface area (Å²) in [5.74, 6) is -0.343. The summed E-state index contributed by atoms with van der Waals surface area (Å²) in [6, 6.07) is 9.61. The van der Waals surface area contributed by atoms with E-state index in [1.54, 1.807) is 30.3 Å². The molecule has 0 aromatic heterocycles. The van der Waals surface area contributed by atoms with Gasteiger partial charge in [0.25, 0.3) is 11.6 Å². The predicted molar refractivity (Wildman–Crippen MR) is 89.7 cm³/mol. The summed E-state index contributed by atoms with van der Waals surface area (Å²) >= 11 is 0. The number of carbonyl (C=O) groups excluding carboxylic acids is 1. The minimum atomic E-state index is -0.620. The number of rotatable bonds is 7. The largest absolute Gasteiger partial charge is 0.872 e. The lowest BCUT2D eigenvalue weighted by Crippen LogP contribution is -2.17. The summed E-state index contributed by atoms with van der Waals surface area (Å²) in [5, 5.41) is 26.0. The fraction of sp³-hybridized carbons (Fsp3) is 0.0588. The summed E-state index contributed by atoms with van der Waals surface area (Å²) in [7, 11) is 0. The number of ether oxygens (including phenoxy) is 1. The average Bonchev–Trinajstić information content (AvgIpc) is 2.61. The van der Waals surface area contributed by atoms with E-state index in [2.05, 4.69) is 17.1 Å². The smallest absolute Gasteiger partial charge is 0.271 e. The fourth-order valence-corrected chi connectivity index (χ4v) is 1.83. The topological polar surface area (TPSA) is 117 Å². The van der Waals surface area contributed by atoms with E-state index in [0.29, 0.717) is 17.9 Å². The molecule has 0 aliphatic carbocycles. The van der Waals surface area contributed by atoms with E-state index in [-0.39, 0.29) is 11.3 Å². The second kappa shape index (κ2) is 8.25. The number of carbonyl (C=O) groups is 1. The van der Waals surface area contributed by atoms with Crippen LogP contribution in [-0.2, 0) is 0 Å². The molecular weight excluding hydrogens is 326 g/mol. The Bertz CT molecular complexity index is 816. The second-order valence-corrected chi connectivity index (χ2v) is 4.80. The van der Waals surface area contributed by atoms with Crippen molar-refractivity contribution in [2.24, 2.45) is 5.10 Å². The van der Waals surface area contributed by atoms with Crippen molar-refractivity contribution in [3.8, 4) is 11.5 Å². The Balaban J connectivity index is 2.02. The zero-order chi connectivity index (χ0) is 18.2. The highest BCUT2D eigenvalue weighted by molar-refractivity contribution is 5.95. The summed E-state index contributed by atoms with van der Waals surface area (Å²) in [5.41, 5.74) is 2.36. The molecule has 0 unspecified atom stereocenters. The standard InChI is InChI=1S/C17H15N3O5/c1-2-9-25-15-6-3-12(4-7-15)17(22)19-18-11-13-10-14(20(23)24)5-8-16(13)21/h2-8,10-11,21H,1,9H2,(H,19,22)/p-1/b18-11-. The van der Waals surface area contributed by atoms with Crippen molar-refractivity contribution in [3.05, 3.63) is 76.4 Å². The van der Waals surface area contributed by atoms with Gasteiger partial charge in [-0.1, -0.05) is 24.5 Å². The summed E-state index contributed by atoms with van der Waals surface area (Å²) in [6.07, 6.45) is 2.67. The van der Waals surface area contributed by atoms with Crippen molar-refractivity contribution >= 4 is 17.8 Å². The first kappa shape index (κ1) is 17.7. The van der Waals surface area contributed by atoms with Crippen molar-refractivity contribution in [3.63, 3.8) is 0 Å². The molecule has 0 heterocycles. The third-order valence-corrected chi connectivity index (χ3v) is 3.06. The van der Waals surface area contributed by atoms with E-state index in [4.69, 9.17) is 4.74 Å². The quantitative estimate of drug-likeness (QED) is 0.358. The zero-order valence-electron chi connectivity index (χ0n) is 13.0. The molecule has 0 fully saturated rings. The highest BCUT2D eigenvalue weighted by atomic mass is 16.6. The van der Waals surface area contributed by atoms with Gasteiger partial charge in [-0.25, -0.2) is 5.43 Å². The molecule has 0 saturated carbocycles. The van der Waals surface area contributed by atoms with Gasteiger partial charge >= 0.3 is 0 Å². The Morgan fingerprint density at radius 3 is 2.64 bits per heavy atom. The third-order valence-electron chi connectivity index (χ3n) is 3.06. The first-order valence-electron chi connectivity index (χ1n) is 7.14. The number of non-ortho nitro benzene ring substituents is 1. The highest BCUT2D eigenvalue weighted by Gasteiger charge is 2.06. The average molecular weight is 340 g/mol. The van der Waals surface area contributed by atoms with Gasteiger partial charge in [0, 0.05) is 17.7 Å². The van der Waals surface area contributed by atoms with Crippen LogP contribution in [0.15, 0.2) is 60.2 Å². The Kier molecular flexibility index (Phi) is 5.83. The molecule has 128 valence electrons. The Morgan fingerprint density at radius 1 is 1.28 bits per heavy atom. The molecule has 0 aliphatic rings. The highest BCUT2D eigenvalue weighted by Crippen LogP contribution is 2.19. The monoisotopic (exact) mass is 340 g/mol. The number of benzene rings is 2. The molecule has 0 aliphatic heterocycles. The van der Waals surface area contributed by atoms with Crippen LogP contribution >= 0.6 is 0 Å². The van der Waals surface area contributed by atoms with Crippen molar-refractivity contribution in [1.82, 2.24) is 5.43 Å². The number of nitro benzene ring substituents is 1. The predicted octanol–water partition coefficient (Wildman–Crippen LogP) is 2.00. The van der Waals surface area contributed by atoms with Crippen LogP contribution in [0.3, 0.4) is 0 Å². The molecule has 1 N–H and O–H groups in total. The van der Waals surface area contributed by atoms with Crippen LogP contribution in [0.2, 0.25) is 0 Å². The lowest BCUT2D eigenvalue weighted by molar-refractivity contribution is -0.385. The number of hydrogen-bond acceptors (Lipinski definition) is 6. The fourth-order valence-electron chi connectivity index (χ4n) is 1.83. The molecule has 0 saturated heterocycles. The molecule has 0 bridgehead atoms. The number of hydrazone groups is 1. The number of nitrogens with one attached hydrogen (secondary N) is 1. The molecule has 25 heavy (non-hydrogen) atoms. The molecule has 2 aromatic carbocycles. The van der Waals surface area contributed by atoms with Crippen LogP contribution in [0.5, 0.6) is 11.5 Å². The molecule has 1 amide bonds. The Hall–Kier alpha value is -3.68. The Labute approximate surface area is 143 Å². The van der Waals surface area contributed by atoms with Gasteiger partial charge in [0.2, 0.25) is 0 Å². The third kappa shape index (κ3) is 4.90. The first-order chi connectivity index (χ1) is 12.0. The number of nitro groups is 1. The van der Waals surface area contributed by atoms with Gasteiger partial charge in [0.1, 0.15) is 12.4 Å². The summed E-state index contributed by atoms with van der Waals surface area (Å²) < 4.78 is 5.30. The minimum Gasteiger partial charge on any atom is -0.872 e. The van der Waals surface area contributed by atoms with E-state index < -0.39 is 16.6 Å². The van der Waals surface area contributed by atoms with Gasteiger partial charge in [0.05, 0.1) is 11.1 Å². The van der Waals surface area contributed by atoms with E-state index in [9.17, 15) is 20.0 Å². The SMILES string of the molecule is C=CCOc1ccc(C(=O)N/N=C\c2cc([N+](=O)[O-])ccc2[O-])cc1. The molecule has 0 spiro atoms. The first-order valence-corrected chi connectivity index (χ1v) is 7.14. The van der Waals surface area contributed by atoms with E-state index in [0.717, 1.165) is 24.4 Å². The number of hydrogen-bond donors (Lipinski definition) is 1. The van der Waals surface area contributed by atoms with Crippen molar-refractivity contribution in [2.45, 2.75) is 0 Å². The van der Waals surface area contributed by atoms with Crippen LogP contribution in [0.1, 0.15) is 15.9 Å². The summed E-state index contributed by atoms with van der Waals surface area (Å²) in [4.78, 5) is 22.0. The van der Waals surface area contributed by atoms with Gasteiger partial charge in [-0.2, -0.15) is 5.10 Å². The van der Waals surface area contributed by atoms with Crippen LogP contribution in [-0.4, -0.2) is 23.7 Å². The van der Waals surface area contributed by atoms with Crippen molar-refractivity contribution < 1.29 is 19.6 Å². The molecular formula is C17H14N3O5-. The molecule has 8 nitrogen and oxygen atoms in total.